The summed E-state index contributed by atoms with van der Waals surface area (Å²) < 4.78 is 5.69. The minimum atomic E-state index is 0.0235. The van der Waals surface area contributed by atoms with Crippen molar-refractivity contribution in [3.63, 3.8) is 0 Å². The maximum atomic E-state index is 12.1. The van der Waals surface area contributed by atoms with E-state index in [-0.39, 0.29) is 5.91 Å². The summed E-state index contributed by atoms with van der Waals surface area (Å²) in [6, 6.07) is 16.3. The van der Waals surface area contributed by atoms with E-state index >= 15 is 0 Å². The van der Waals surface area contributed by atoms with Crippen molar-refractivity contribution >= 4 is 17.2 Å². The molecule has 1 aromatic heterocycles. The van der Waals surface area contributed by atoms with E-state index in [9.17, 15) is 4.79 Å². The molecule has 0 fully saturated rings. The fourth-order valence-electron chi connectivity index (χ4n) is 2.85. The number of thiazole rings is 1. The van der Waals surface area contributed by atoms with Gasteiger partial charge in [-0.15, -0.1) is 11.3 Å². The second-order valence-corrected chi connectivity index (χ2v) is 7.54. The Morgan fingerprint density at radius 2 is 1.93 bits per heavy atom. The highest BCUT2D eigenvalue weighted by Crippen LogP contribution is 2.26. The van der Waals surface area contributed by atoms with Crippen molar-refractivity contribution in [2.45, 2.75) is 39.7 Å². The molecular weight excluding hydrogens is 368 g/mol. The van der Waals surface area contributed by atoms with Gasteiger partial charge in [-0.1, -0.05) is 43.3 Å². The summed E-state index contributed by atoms with van der Waals surface area (Å²) in [6.07, 6.45) is 2.15. The number of hydrogen-bond donors (Lipinski definition) is 1. The summed E-state index contributed by atoms with van der Waals surface area (Å²) in [4.78, 5) is 16.7. The molecular formula is C23H26N2O2S. The van der Waals surface area contributed by atoms with Gasteiger partial charge < -0.3 is 10.1 Å². The van der Waals surface area contributed by atoms with E-state index < -0.39 is 0 Å². The van der Waals surface area contributed by atoms with Crippen LogP contribution in [0.5, 0.6) is 5.75 Å². The number of carbonyl (C=O) groups excluding carboxylic acids is 1. The van der Waals surface area contributed by atoms with Crippen molar-refractivity contribution in [3.05, 3.63) is 70.7 Å². The predicted molar refractivity (Wildman–Crippen MR) is 115 cm³/mol. The first-order valence-corrected chi connectivity index (χ1v) is 10.5. The van der Waals surface area contributed by atoms with Crippen LogP contribution < -0.4 is 10.1 Å². The van der Waals surface area contributed by atoms with Gasteiger partial charge in [-0.05, 0) is 43.0 Å². The third-order valence-electron chi connectivity index (χ3n) is 4.54. The zero-order valence-electron chi connectivity index (χ0n) is 16.4. The lowest BCUT2D eigenvalue weighted by Crippen LogP contribution is -2.23. The van der Waals surface area contributed by atoms with E-state index in [0.29, 0.717) is 26.0 Å². The molecule has 0 atom stereocenters. The maximum Gasteiger partial charge on any atom is 0.220 e. The Morgan fingerprint density at radius 3 is 2.68 bits per heavy atom. The number of nitrogens with zero attached hydrogens (tertiary/aromatic N) is 1. The Hall–Kier alpha value is -2.66. The number of hydrogen-bond acceptors (Lipinski definition) is 4. The highest BCUT2D eigenvalue weighted by Gasteiger charge is 2.08. The molecule has 28 heavy (non-hydrogen) atoms. The minimum absolute atomic E-state index is 0.0235. The molecule has 0 spiro atoms. The third kappa shape index (κ3) is 5.67. The van der Waals surface area contributed by atoms with Gasteiger partial charge >= 0.3 is 0 Å². The quantitative estimate of drug-likeness (QED) is 0.510. The SMILES string of the molecule is CCc1ccc(OCCCC(=O)NCc2csc(-c3ccccc3C)n2)cc1. The van der Waals surface area contributed by atoms with E-state index in [0.717, 1.165) is 28.4 Å². The molecule has 1 amide bonds. The second kappa shape index (κ2) is 10.0. The Bertz CT molecular complexity index is 903. The number of ether oxygens (including phenoxy) is 1. The zero-order chi connectivity index (χ0) is 19.8. The average molecular weight is 395 g/mol. The molecule has 0 radical (unpaired) electrons. The summed E-state index contributed by atoms with van der Waals surface area (Å²) in [5.41, 5.74) is 4.54. The molecule has 146 valence electrons. The van der Waals surface area contributed by atoms with Crippen LogP contribution in [0.3, 0.4) is 0 Å². The van der Waals surface area contributed by atoms with Gasteiger partial charge in [-0.3, -0.25) is 4.79 Å². The van der Waals surface area contributed by atoms with Gasteiger partial charge in [0.15, 0.2) is 0 Å². The lowest BCUT2D eigenvalue weighted by molar-refractivity contribution is -0.121. The van der Waals surface area contributed by atoms with Gasteiger partial charge in [0.05, 0.1) is 18.8 Å². The maximum absolute atomic E-state index is 12.1. The summed E-state index contributed by atoms with van der Waals surface area (Å²) in [5.74, 6) is 0.874. The third-order valence-corrected chi connectivity index (χ3v) is 5.47. The number of aromatic nitrogens is 1. The molecule has 0 aliphatic heterocycles. The molecule has 1 heterocycles. The number of nitrogens with one attached hydrogen (secondary N) is 1. The molecule has 3 aromatic rings. The van der Waals surface area contributed by atoms with Crippen LogP contribution in [0.15, 0.2) is 53.9 Å². The van der Waals surface area contributed by atoms with Gasteiger partial charge in [0.1, 0.15) is 10.8 Å². The summed E-state index contributed by atoms with van der Waals surface area (Å²) in [6.45, 7) is 5.20. The first-order chi connectivity index (χ1) is 13.7. The second-order valence-electron chi connectivity index (χ2n) is 6.69. The number of aryl methyl sites for hydroxylation is 2. The number of amides is 1. The van der Waals surface area contributed by atoms with Gasteiger partial charge in [0, 0.05) is 17.4 Å². The van der Waals surface area contributed by atoms with Gasteiger partial charge in [0.2, 0.25) is 5.91 Å². The molecule has 1 N–H and O–H groups in total. The van der Waals surface area contributed by atoms with E-state index in [4.69, 9.17) is 4.74 Å². The molecule has 2 aromatic carbocycles. The van der Waals surface area contributed by atoms with E-state index in [2.05, 4.69) is 48.4 Å². The van der Waals surface area contributed by atoms with Crippen molar-refractivity contribution < 1.29 is 9.53 Å². The Balaban J connectivity index is 1.38. The van der Waals surface area contributed by atoms with Crippen LogP contribution in [0, 0.1) is 6.92 Å². The Labute approximate surface area is 170 Å². The van der Waals surface area contributed by atoms with Crippen molar-refractivity contribution in [2.24, 2.45) is 0 Å². The molecule has 0 aliphatic carbocycles. The molecule has 0 bridgehead atoms. The highest BCUT2D eigenvalue weighted by atomic mass is 32.1. The fourth-order valence-corrected chi connectivity index (χ4v) is 3.76. The highest BCUT2D eigenvalue weighted by molar-refractivity contribution is 7.13. The predicted octanol–water partition coefficient (Wildman–Crippen LogP) is 5.16. The molecule has 4 nitrogen and oxygen atoms in total. The summed E-state index contributed by atoms with van der Waals surface area (Å²) in [5, 5.41) is 5.94. The fraction of sp³-hybridized carbons (Fsp3) is 0.304. The first-order valence-electron chi connectivity index (χ1n) is 9.64. The van der Waals surface area contributed by atoms with E-state index in [1.54, 1.807) is 11.3 Å². The lowest BCUT2D eigenvalue weighted by atomic mass is 10.1. The van der Waals surface area contributed by atoms with E-state index in [1.807, 2.05) is 29.6 Å². The largest absolute Gasteiger partial charge is 0.494 e. The van der Waals surface area contributed by atoms with E-state index in [1.165, 1.54) is 11.1 Å². The van der Waals surface area contributed by atoms with Gasteiger partial charge in [-0.25, -0.2) is 4.98 Å². The molecule has 0 saturated heterocycles. The van der Waals surface area contributed by atoms with Crippen LogP contribution in [-0.2, 0) is 17.8 Å². The topological polar surface area (TPSA) is 51.2 Å². The van der Waals surface area contributed by atoms with Crippen LogP contribution in [0.4, 0.5) is 0 Å². The average Bonchev–Trinajstić information content (AvgIpc) is 3.19. The molecule has 3 rings (SSSR count). The van der Waals surface area contributed by atoms with Crippen LogP contribution in [0.25, 0.3) is 10.6 Å². The molecule has 0 unspecified atom stereocenters. The van der Waals surface area contributed by atoms with Crippen LogP contribution in [-0.4, -0.2) is 17.5 Å². The molecule has 0 saturated carbocycles. The standard InChI is InChI=1S/C23H26N2O2S/c1-3-18-10-12-20(13-11-18)27-14-6-9-22(26)24-15-19-16-28-23(25-19)21-8-5-4-7-17(21)2/h4-5,7-8,10-13,16H,3,6,9,14-15H2,1-2H3,(H,24,26). The summed E-state index contributed by atoms with van der Waals surface area (Å²) >= 11 is 1.61. The number of benzene rings is 2. The Morgan fingerprint density at radius 1 is 1.14 bits per heavy atom. The number of carbonyl (C=O) groups is 1. The van der Waals surface area contributed by atoms with Crippen LogP contribution in [0.2, 0.25) is 0 Å². The van der Waals surface area contributed by atoms with Crippen LogP contribution in [0.1, 0.15) is 36.6 Å². The number of rotatable bonds is 9. The van der Waals surface area contributed by atoms with Crippen molar-refractivity contribution in [1.82, 2.24) is 10.3 Å². The lowest BCUT2D eigenvalue weighted by Gasteiger charge is -2.07. The minimum Gasteiger partial charge on any atom is -0.494 e. The smallest absolute Gasteiger partial charge is 0.220 e. The Kier molecular flexibility index (Phi) is 7.20. The van der Waals surface area contributed by atoms with Crippen molar-refractivity contribution in [1.29, 1.82) is 0 Å². The normalized spacial score (nSPS) is 10.6. The van der Waals surface area contributed by atoms with Gasteiger partial charge in [0.25, 0.3) is 0 Å². The molecule has 5 heteroatoms. The molecule has 0 aliphatic rings. The summed E-state index contributed by atoms with van der Waals surface area (Å²) in [7, 11) is 0. The zero-order valence-corrected chi connectivity index (χ0v) is 17.2. The van der Waals surface area contributed by atoms with Crippen molar-refractivity contribution in [3.8, 4) is 16.3 Å². The van der Waals surface area contributed by atoms with Gasteiger partial charge in [-0.2, -0.15) is 0 Å². The monoisotopic (exact) mass is 394 g/mol. The first kappa shape index (κ1) is 20.1. The van der Waals surface area contributed by atoms with Crippen molar-refractivity contribution in [2.75, 3.05) is 6.61 Å². The van der Waals surface area contributed by atoms with Crippen LogP contribution >= 0.6 is 11.3 Å².